The molecule has 1 N–H and O–H groups in total. The molecule has 1 aliphatic rings. The number of hydrogen-bond acceptors (Lipinski definition) is 4. The lowest BCUT2D eigenvalue weighted by Crippen LogP contribution is -2.52. The van der Waals surface area contributed by atoms with E-state index in [2.05, 4.69) is 24.1 Å². The number of nitrogens with one attached hydrogen (secondary N) is 1. The fraction of sp³-hybridized carbons (Fsp3) is 1.00. The number of hydrogen-bond donors (Lipinski definition) is 1. The Kier molecular flexibility index (Phi) is 4.84. The van der Waals surface area contributed by atoms with E-state index in [1.807, 2.05) is 13.8 Å². The Bertz CT molecular complexity index is 378. The Labute approximate surface area is 112 Å². The molecule has 18 heavy (non-hydrogen) atoms. The van der Waals surface area contributed by atoms with E-state index in [0.29, 0.717) is 6.54 Å². The van der Waals surface area contributed by atoms with Crippen LogP contribution in [0.2, 0.25) is 0 Å². The third-order valence-corrected chi connectivity index (χ3v) is 6.30. The van der Waals surface area contributed by atoms with Gasteiger partial charge in [0.1, 0.15) is 0 Å². The molecule has 1 atom stereocenters. The highest BCUT2D eigenvalue weighted by Crippen LogP contribution is 2.21. The molecule has 1 unspecified atom stereocenters. The van der Waals surface area contributed by atoms with E-state index in [1.54, 1.807) is 0 Å². The first kappa shape index (κ1) is 15.9. The predicted octanol–water partition coefficient (Wildman–Crippen LogP) is 1.27. The van der Waals surface area contributed by atoms with E-state index in [4.69, 9.17) is 0 Å². The highest BCUT2D eigenvalue weighted by Gasteiger charge is 2.35. The van der Waals surface area contributed by atoms with Gasteiger partial charge in [-0.3, -0.25) is 4.90 Å². The van der Waals surface area contributed by atoms with Gasteiger partial charge in [-0.15, -0.1) is 0 Å². The molecule has 0 aromatic heterocycles. The summed E-state index contributed by atoms with van der Waals surface area (Å²) in [6.45, 7) is 11.6. The van der Waals surface area contributed by atoms with Crippen molar-refractivity contribution in [2.24, 2.45) is 0 Å². The lowest BCUT2D eigenvalue weighted by atomic mass is 9.98. The predicted molar refractivity (Wildman–Crippen MR) is 76.7 cm³/mol. The van der Waals surface area contributed by atoms with Gasteiger partial charge in [-0.25, -0.2) is 8.42 Å². The van der Waals surface area contributed by atoms with Crippen LogP contribution in [0.5, 0.6) is 0 Å². The van der Waals surface area contributed by atoms with Crippen molar-refractivity contribution in [3.05, 3.63) is 0 Å². The Morgan fingerprint density at radius 1 is 1.39 bits per heavy atom. The summed E-state index contributed by atoms with van der Waals surface area (Å²) < 4.78 is 22.9. The average Bonchev–Trinajstić information content (AvgIpc) is 2.39. The number of sulfone groups is 1. The third kappa shape index (κ3) is 3.93. The van der Waals surface area contributed by atoms with Crippen LogP contribution in [-0.4, -0.2) is 56.0 Å². The standard InChI is InChI=1S/C13H28N2O2S/c1-6-13(4)11-15(9-7-8-14-13)10-12(2,3)18(5,16)17/h14H,6-11H2,1-5H3. The van der Waals surface area contributed by atoms with Gasteiger partial charge in [0.25, 0.3) is 0 Å². The monoisotopic (exact) mass is 276 g/mol. The average molecular weight is 276 g/mol. The van der Waals surface area contributed by atoms with E-state index in [0.717, 1.165) is 32.5 Å². The molecule has 5 heteroatoms. The van der Waals surface area contributed by atoms with Crippen molar-refractivity contribution in [1.82, 2.24) is 10.2 Å². The van der Waals surface area contributed by atoms with Crippen LogP contribution >= 0.6 is 0 Å². The highest BCUT2D eigenvalue weighted by molar-refractivity contribution is 7.92. The molecule has 1 rings (SSSR count). The number of rotatable bonds is 4. The normalized spacial score (nSPS) is 28.1. The van der Waals surface area contributed by atoms with Crippen molar-refractivity contribution in [2.75, 3.05) is 32.4 Å². The highest BCUT2D eigenvalue weighted by atomic mass is 32.2. The molecule has 0 spiro atoms. The molecule has 0 saturated carbocycles. The van der Waals surface area contributed by atoms with Crippen molar-refractivity contribution < 1.29 is 8.42 Å². The smallest absolute Gasteiger partial charge is 0.153 e. The Morgan fingerprint density at radius 2 is 2.00 bits per heavy atom. The Balaban J connectivity index is 2.77. The van der Waals surface area contributed by atoms with Crippen LogP contribution in [0.15, 0.2) is 0 Å². The van der Waals surface area contributed by atoms with Crippen molar-refractivity contribution in [3.8, 4) is 0 Å². The van der Waals surface area contributed by atoms with Gasteiger partial charge in [0.2, 0.25) is 0 Å². The van der Waals surface area contributed by atoms with Gasteiger partial charge in [0, 0.05) is 24.9 Å². The number of nitrogens with zero attached hydrogens (tertiary/aromatic N) is 1. The largest absolute Gasteiger partial charge is 0.310 e. The maximum atomic E-state index is 11.8. The minimum Gasteiger partial charge on any atom is -0.310 e. The summed E-state index contributed by atoms with van der Waals surface area (Å²) in [5.41, 5.74) is 0.101. The molecule has 0 radical (unpaired) electrons. The lowest BCUT2D eigenvalue weighted by Gasteiger charge is -2.36. The summed E-state index contributed by atoms with van der Waals surface area (Å²) in [5.74, 6) is 0. The van der Waals surface area contributed by atoms with E-state index in [-0.39, 0.29) is 5.54 Å². The van der Waals surface area contributed by atoms with Crippen LogP contribution < -0.4 is 5.32 Å². The summed E-state index contributed by atoms with van der Waals surface area (Å²) >= 11 is 0. The summed E-state index contributed by atoms with van der Waals surface area (Å²) in [5, 5.41) is 3.57. The van der Waals surface area contributed by atoms with Gasteiger partial charge in [0.05, 0.1) is 4.75 Å². The quantitative estimate of drug-likeness (QED) is 0.840. The zero-order valence-corrected chi connectivity index (χ0v) is 13.2. The molecule has 1 heterocycles. The molecular formula is C13H28N2O2S. The fourth-order valence-corrected chi connectivity index (χ4v) is 2.77. The van der Waals surface area contributed by atoms with Crippen LogP contribution in [0.25, 0.3) is 0 Å². The molecule has 0 amide bonds. The van der Waals surface area contributed by atoms with Crippen molar-refractivity contribution in [3.63, 3.8) is 0 Å². The summed E-state index contributed by atoms with van der Waals surface area (Å²) in [6, 6.07) is 0. The molecule has 4 nitrogen and oxygen atoms in total. The first-order valence-electron chi connectivity index (χ1n) is 6.77. The molecule has 0 aromatic carbocycles. The third-order valence-electron chi connectivity index (χ3n) is 4.16. The zero-order valence-electron chi connectivity index (χ0n) is 12.4. The first-order valence-corrected chi connectivity index (χ1v) is 8.66. The summed E-state index contributed by atoms with van der Waals surface area (Å²) in [4.78, 5) is 2.30. The summed E-state index contributed by atoms with van der Waals surface area (Å²) in [7, 11) is -3.02. The van der Waals surface area contributed by atoms with Crippen molar-refractivity contribution in [1.29, 1.82) is 0 Å². The van der Waals surface area contributed by atoms with Gasteiger partial charge in [-0.2, -0.15) is 0 Å². The Hall–Kier alpha value is -0.130. The maximum absolute atomic E-state index is 11.8. The van der Waals surface area contributed by atoms with Crippen LogP contribution in [-0.2, 0) is 9.84 Å². The second kappa shape index (κ2) is 5.47. The second-order valence-corrected chi connectivity index (χ2v) is 9.09. The van der Waals surface area contributed by atoms with E-state index >= 15 is 0 Å². The van der Waals surface area contributed by atoms with Gasteiger partial charge in [-0.05, 0) is 46.7 Å². The molecule has 0 aliphatic carbocycles. The first-order chi connectivity index (χ1) is 8.10. The van der Waals surface area contributed by atoms with Crippen LogP contribution in [0.3, 0.4) is 0 Å². The van der Waals surface area contributed by atoms with Gasteiger partial charge in [0.15, 0.2) is 9.84 Å². The minimum atomic E-state index is -3.02. The van der Waals surface area contributed by atoms with Crippen LogP contribution in [0.1, 0.15) is 40.5 Å². The topological polar surface area (TPSA) is 49.4 Å². The lowest BCUT2D eigenvalue weighted by molar-refractivity contribution is 0.202. The van der Waals surface area contributed by atoms with Gasteiger partial charge >= 0.3 is 0 Å². The van der Waals surface area contributed by atoms with E-state index < -0.39 is 14.6 Å². The van der Waals surface area contributed by atoms with Crippen LogP contribution in [0.4, 0.5) is 0 Å². The van der Waals surface area contributed by atoms with Crippen LogP contribution in [0, 0.1) is 0 Å². The molecular weight excluding hydrogens is 248 g/mol. The fourth-order valence-electron chi connectivity index (χ4n) is 2.35. The molecule has 108 valence electrons. The van der Waals surface area contributed by atoms with Crippen molar-refractivity contribution >= 4 is 9.84 Å². The summed E-state index contributed by atoms with van der Waals surface area (Å²) in [6.07, 6.45) is 3.47. The molecule has 1 aliphatic heterocycles. The maximum Gasteiger partial charge on any atom is 0.153 e. The molecule has 0 aromatic rings. The SMILES string of the molecule is CCC1(C)CN(CC(C)(C)S(C)(=O)=O)CCCN1. The van der Waals surface area contributed by atoms with Gasteiger partial charge < -0.3 is 5.32 Å². The van der Waals surface area contributed by atoms with Crippen molar-refractivity contribution in [2.45, 2.75) is 50.8 Å². The zero-order chi connectivity index (χ0) is 14.0. The Morgan fingerprint density at radius 3 is 2.50 bits per heavy atom. The molecule has 0 bridgehead atoms. The molecule has 1 fully saturated rings. The van der Waals surface area contributed by atoms with E-state index in [9.17, 15) is 8.42 Å². The minimum absolute atomic E-state index is 0.101. The van der Waals surface area contributed by atoms with E-state index in [1.165, 1.54) is 6.26 Å². The van der Waals surface area contributed by atoms with Gasteiger partial charge in [-0.1, -0.05) is 6.92 Å². The second-order valence-electron chi connectivity index (χ2n) is 6.44. The molecule has 1 saturated heterocycles.